The van der Waals surface area contributed by atoms with Crippen LogP contribution in [0.1, 0.15) is 36.0 Å². The average molecular weight is 271 g/mol. The Labute approximate surface area is 109 Å². The van der Waals surface area contributed by atoms with E-state index < -0.39 is 18.0 Å². The second-order valence-electron chi connectivity index (χ2n) is 5.09. The Balaban J connectivity index is 2.09. The highest BCUT2D eigenvalue weighted by Gasteiger charge is 2.43. The summed E-state index contributed by atoms with van der Waals surface area (Å²) in [5.74, 6) is -2.07. The predicted octanol–water partition coefficient (Wildman–Crippen LogP) is 3.82. The minimum absolute atomic E-state index is 0.0906. The van der Waals surface area contributed by atoms with Gasteiger partial charge in [0.1, 0.15) is 0 Å². The van der Waals surface area contributed by atoms with E-state index in [-0.39, 0.29) is 18.6 Å². The molecule has 5 heteroatoms. The highest BCUT2D eigenvalue weighted by atomic mass is 19.4. The van der Waals surface area contributed by atoms with Crippen molar-refractivity contribution >= 4 is 11.5 Å². The van der Waals surface area contributed by atoms with Gasteiger partial charge < -0.3 is 5.73 Å². The number of alkyl halides is 3. The number of hydrogen-bond acceptors (Lipinski definition) is 2. The summed E-state index contributed by atoms with van der Waals surface area (Å²) in [7, 11) is 0. The number of benzene rings is 1. The van der Waals surface area contributed by atoms with Gasteiger partial charge >= 0.3 is 6.18 Å². The van der Waals surface area contributed by atoms with Crippen LogP contribution in [0.2, 0.25) is 0 Å². The van der Waals surface area contributed by atoms with Crippen molar-refractivity contribution in [1.29, 1.82) is 0 Å². The van der Waals surface area contributed by atoms with E-state index in [0.29, 0.717) is 24.1 Å². The molecular weight excluding hydrogens is 255 g/mol. The third kappa shape index (κ3) is 3.28. The van der Waals surface area contributed by atoms with Crippen LogP contribution in [0.3, 0.4) is 0 Å². The second kappa shape index (κ2) is 5.23. The van der Waals surface area contributed by atoms with Gasteiger partial charge in [0.15, 0.2) is 5.78 Å². The number of Topliss-reactive ketones (excluding diaryl/α,β-unsaturated/α-hetero) is 1. The van der Waals surface area contributed by atoms with Gasteiger partial charge in [-0.3, -0.25) is 4.79 Å². The molecule has 0 bridgehead atoms. The minimum atomic E-state index is -4.19. The van der Waals surface area contributed by atoms with E-state index in [1.807, 2.05) is 0 Å². The molecule has 1 aromatic carbocycles. The van der Waals surface area contributed by atoms with E-state index in [0.717, 1.165) is 0 Å². The maximum Gasteiger partial charge on any atom is 0.391 e. The van der Waals surface area contributed by atoms with Gasteiger partial charge in [0.05, 0.1) is 5.92 Å². The molecule has 2 N–H and O–H groups in total. The normalized spacial score (nSPS) is 24.2. The van der Waals surface area contributed by atoms with Crippen LogP contribution >= 0.6 is 0 Å². The molecule has 1 fully saturated rings. The number of rotatable bonds is 2. The maximum absolute atomic E-state index is 12.7. The fourth-order valence-electron chi connectivity index (χ4n) is 2.61. The lowest BCUT2D eigenvalue weighted by Gasteiger charge is -2.29. The lowest BCUT2D eigenvalue weighted by Crippen LogP contribution is -2.31. The van der Waals surface area contributed by atoms with Crippen LogP contribution in [0.4, 0.5) is 18.9 Å². The number of hydrogen-bond donors (Lipinski definition) is 1. The van der Waals surface area contributed by atoms with Crippen molar-refractivity contribution in [2.75, 3.05) is 5.73 Å². The largest absolute Gasteiger partial charge is 0.399 e. The summed E-state index contributed by atoms with van der Waals surface area (Å²) in [6.07, 6.45) is -3.16. The molecule has 1 aliphatic carbocycles. The highest BCUT2D eigenvalue weighted by Crippen LogP contribution is 2.40. The Morgan fingerprint density at radius 3 is 2.37 bits per heavy atom. The van der Waals surface area contributed by atoms with Gasteiger partial charge in [-0.1, -0.05) is 6.42 Å². The first-order valence-corrected chi connectivity index (χ1v) is 6.34. The predicted molar refractivity (Wildman–Crippen MR) is 66.7 cm³/mol. The van der Waals surface area contributed by atoms with Gasteiger partial charge in [-0.2, -0.15) is 13.2 Å². The fourth-order valence-corrected chi connectivity index (χ4v) is 2.61. The summed E-state index contributed by atoms with van der Waals surface area (Å²) >= 11 is 0. The van der Waals surface area contributed by atoms with Gasteiger partial charge in [-0.15, -0.1) is 0 Å². The summed E-state index contributed by atoms with van der Waals surface area (Å²) < 4.78 is 38.1. The molecule has 1 saturated carbocycles. The van der Waals surface area contributed by atoms with Crippen LogP contribution in [-0.2, 0) is 0 Å². The van der Waals surface area contributed by atoms with Crippen LogP contribution in [-0.4, -0.2) is 12.0 Å². The summed E-state index contributed by atoms with van der Waals surface area (Å²) in [5.41, 5.74) is 6.51. The van der Waals surface area contributed by atoms with Crippen molar-refractivity contribution in [3.8, 4) is 0 Å². The number of anilines is 1. The van der Waals surface area contributed by atoms with Gasteiger partial charge in [0.2, 0.25) is 0 Å². The van der Waals surface area contributed by atoms with Crippen LogP contribution < -0.4 is 5.73 Å². The van der Waals surface area contributed by atoms with Crippen molar-refractivity contribution in [3.63, 3.8) is 0 Å². The van der Waals surface area contributed by atoms with E-state index >= 15 is 0 Å². The summed E-state index contributed by atoms with van der Waals surface area (Å²) in [5, 5.41) is 0. The molecule has 1 aliphatic rings. The minimum Gasteiger partial charge on any atom is -0.399 e. The molecule has 0 amide bonds. The van der Waals surface area contributed by atoms with Gasteiger partial charge in [0.25, 0.3) is 0 Å². The molecule has 1 aromatic rings. The lowest BCUT2D eigenvalue weighted by molar-refractivity contribution is -0.184. The lowest BCUT2D eigenvalue weighted by atomic mass is 9.77. The van der Waals surface area contributed by atoms with E-state index in [2.05, 4.69) is 0 Å². The van der Waals surface area contributed by atoms with Crippen molar-refractivity contribution in [3.05, 3.63) is 29.8 Å². The molecule has 0 aromatic heterocycles. The standard InChI is InChI=1S/C14H16F3NO/c15-14(16,17)11-3-1-2-10(8-11)13(19)9-4-6-12(18)7-5-9/h4-7,10-11H,1-3,8,18H2. The third-order valence-corrected chi connectivity index (χ3v) is 3.70. The van der Waals surface area contributed by atoms with Crippen molar-refractivity contribution in [2.24, 2.45) is 11.8 Å². The smallest absolute Gasteiger partial charge is 0.391 e. The number of halogens is 3. The highest BCUT2D eigenvalue weighted by molar-refractivity contribution is 5.98. The van der Waals surface area contributed by atoms with Crippen LogP contribution in [0, 0.1) is 11.8 Å². The second-order valence-corrected chi connectivity index (χ2v) is 5.09. The molecule has 104 valence electrons. The number of nitrogens with two attached hydrogens (primary N) is 1. The van der Waals surface area contributed by atoms with Crippen LogP contribution in [0.5, 0.6) is 0 Å². The summed E-state index contributed by atoms with van der Waals surface area (Å²) in [4.78, 5) is 12.2. The molecule has 2 atom stereocenters. The van der Waals surface area contributed by atoms with Crippen LogP contribution in [0.15, 0.2) is 24.3 Å². The third-order valence-electron chi connectivity index (χ3n) is 3.70. The Morgan fingerprint density at radius 1 is 1.16 bits per heavy atom. The summed E-state index contributed by atoms with van der Waals surface area (Å²) in [6, 6.07) is 6.35. The average Bonchev–Trinajstić information content (AvgIpc) is 2.38. The Bertz CT molecular complexity index is 453. The van der Waals surface area contributed by atoms with E-state index in [1.165, 1.54) is 0 Å². The molecule has 0 heterocycles. The van der Waals surface area contributed by atoms with Crippen molar-refractivity contribution in [1.82, 2.24) is 0 Å². The molecule has 0 saturated heterocycles. The zero-order chi connectivity index (χ0) is 14.0. The van der Waals surface area contributed by atoms with E-state index in [9.17, 15) is 18.0 Å². The van der Waals surface area contributed by atoms with E-state index in [1.54, 1.807) is 24.3 Å². The molecule has 2 rings (SSSR count). The Hall–Kier alpha value is -1.52. The van der Waals surface area contributed by atoms with Gasteiger partial charge in [0, 0.05) is 17.2 Å². The molecule has 0 radical (unpaired) electrons. The number of carbonyl (C=O) groups excluding carboxylic acids is 1. The maximum atomic E-state index is 12.7. The Kier molecular flexibility index (Phi) is 3.83. The van der Waals surface area contributed by atoms with Crippen molar-refractivity contribution < 1.29 is 18.0 Å². The topological polar surface area (TPSA) is 43.1 Å². The monoisotopic (exact) mass is 271 g/mol. The van der Waals surface area contributed by atoms with Crippen molar-refractivity contribution in [2.45, 2.75) is 31.9 Å². The first-order valence-electron chi connectivity index (χ1n) is 6.34. The summed E-state index contributed by atoms with van der Waals surface area (Å²) in [6.45, 7) is 0. The molecule has 2 nitrogen and oxygen atoms in total. The number of ketones is 1. The number of nitrogen functional groups attached to an aromatic ring is 1. The zero-order valence-electron chi connectivity index (χ0n) is 10.4. The van der Waals surface area contributed by atoms with Gasteiger partial charge in [-0.25, -0.2) is 0 Å². The Morgan fingerprint density at radius 2 is 1.79 bits per heavy atom. The quantitative estimate of drug-likeness (QED) is 0.656. The molecule has 2 unspecified atom stereocenters. The first kappa shape index (κ1) is 13.9. The number of carbonyl (C=O) groups is 1. The molecular formula is C14H16F3NO. The molecule has 0 spiro atoms. The molecule has 0 aliphatic heterocycles. The van der Waals surface area contributed by atoms with Crippen LogP contribution in [0.25, 0.3) is 0 Å². The van der Waals surface area contributed by atoms with E-state index in [4.69, 9.17) is 5.73 Å². The first-order chi connectivity index (χ1) is 8.88. The van der Waals surface area contributed by atoms with Gasteiger partial charge in [-0.05, 0) is 43.5 Å². The SMILES string of the molecule is Nc1ccc(C(=O)C2CCCC(C(F)(F)F)C2)cc1. The fraction of sp³-hybridized carbons (Fsp3) is 0.500. The molecule has 19 heavy (non-hydrogen) atoms. The zero-order valence-corrected chi connectivity index (χ0v) is 10.4.